The molecule has 0 saturated heterocycles. The molecule has 1 heterocycles. The molecule has 1 aromatic rings. The largest absolute Gasteiger partial charge is 0.383 e. The lowest BCUT2D eigenvalue weighted by Gasteiger charge is -2.16. The van der Waals surface area contributed by atoms with Crippen molar-refractivity contribution in [2.75, 3.05) is 5.73 Å². The third-order valence-electron chi connectivity index (χ3n) is 2.53. The van der Waals surface area contributed by atoms with Gasteiger partial charge in [0.1, 0.15) is 17.2 Å². The molecule has 0 aliphatic carbocycles. The standard InChI is InChI=1S/C11H19N3S/c1-5-9-10(12)13-6-14-11(9)15-8(4)7(2)3/h6-8H,5H2,1-4H3,(H2,12,13,14). The number of rotatable bonds is 4. The SMILES string of the molecule is CCc1c(N)ncnc1SC(C)C(C)C. The zero-order chi connectivity index (χ0) is 11.4. The normalized spacial score (nSPS) is 13.1. The summed E-state index contributed by atoms with van der Waals surface area (Å²) < 4.78 is 0. The van der Waals surface area contributed by atoms with Crippen LogP contribution in [0.15, 0.2) is 11.4 Å². The van der Waals surface area contributed by atoms with Crippen LogP contribution in [0, 0.1) is 5.92 Å². The quantitative estimate of drug-likeness (QED) is 0.632. The van der Waals surface area contributed by atoms with Crippen LogP contribution >= 0.6 is 11.8 Å². The van der Waals surface area contributed by atoms with E-state index in [1.165, 1.54) is 0 Å². The van der Waals surface area contributed by atoms with Crippen LogP contribution in [0.3, 0.4) is 0 Å². The van der Waals surface area contributed by atoms with Crippen molar-refractivity contribution in [2.24, 2.45) is 5.92 Å². The highest BCUT2D eigenvalue weighted by molar-refractivity contribution is 7.99. The third kappa shape index (κ3) is 3.09. The summed E-state index contributed by atoms with van der Waals surface area (Å²) in [6.07, 6.45) is 2.43. The second-order valence-corrected chi connectivity index (χ2v) is 5.33. The number of nitrogens with zero attached hydrogens (tertiary/aromatic N) is 2. The van der Waals surface area contributed by atoms with Gasteiger partial charge in [-0.25, -0.2) is 9.97 Å². The van der Waals surface area contributed by atoms with Crippen LogP contribution < -0.4 is 5.73 Å². The molecule has 0 spiro atoms. The van der Waals surface area contributed by atoms with Crippen LogP contribution in [0.5, 0.6) is 0 Å². The number of aromatic nitrogens is 2. The van der Waals surface area contributed by atoms with E-state index in [4.69, 9.17) is 5.73 Å². The number of hydrogen-bond donors (Lipinski definition) is 1. The average Bonchev–Trinajstić information content (AvgIpc) is 2.18. The Morgan fingerprint density at radius 2 is 2.00 bits per heavy atom. The Bertz CT molecular complexity index is 326. The first kappa shape index (κ1) is 12.3. The van der Waals surface area contributed by atoms with Gasteiger partial charge in [0.2, 0.25) is 0 Å². The Hall–Kier alpha value is -0.770. The predicted octanol–water partition coefficient (Wildman–Crippen LogP) is 2.76. The van der Waals surface area contributed by atoms with E-state index in [9.17, 15) is 0 Å². The van der Waals surface area contributed by atoms with Gasteiger partial charge in [0.05, 0.1) is 0 Å². The topological polar surface area (TPSA) is 51.8 Å². The fourth-order valence-electron chi connectivity index (χ4n) is 1.15. The Kier molecular flexibility index (Phi) is 4.39. The van der Waals surface area contributed by atoms with Crippen molar-refractivity contribution in [1.29, 1.82) is 0 Å². The fourth-order valence-corrected chi connectivity index (χ4v) is 2.28. The molecule has 4 heteroatoms. The van der Waals surface area contributed by atoms with E-state index in [2.05, 4.69) is 37.7 Å². The molecular formula is C11H19N3S. The van der Waals surface area contributed by atoms with Gasteiger partial charge in [0.15, 0.2) is 0 Å². The van der Waals surface area contributed by atoms with Crippen LogP contribution in [0.25, 0.3) is 0 Å². The first-order valence-corrected chi connectivity index (χ1v) is 6.20. The first-order valence-electron chi connectivity index (χ1n) is 5.32. The second kappa shape index (κ2) is 5.35. The third-order valence-corrected chi connectivity index (χ3v) is 4.02. The number of nitrogen functional groups attached to an aromatic ring is 1. The van der Waals surface area contributed by atoms with Crippen molar-refractivity contribution in [3.05, 3.63) is 11.9 Å². The van der Waals surface area contributed by atoms with Gasteiger partial charge in [-0.3, -0.25) is 0 Å². The van der Waals surface area contributed by atoms with Crippen molar-refractivity contribution in [2.45, 2.75) is 44.4 Å². The van der Waals surface area contributed by atoms with E-state index in [1.807, 2.05) is 0 Å². The molecule has 1 unspecified atom stereocenters. The molecule has 0 fully saturated rings. The summed E-state index contributed by atoms with van der Waals surface area (Å²) in [4.78, 5) is 8.32. The predicted molar refractivity (Wildman–Crippen MR) is 66.0 cm³/mol. The first-order chi connectivity index (χ1) is 7.06. The molecule has 0 bridgehead atoms. The van der Waals surface area contributed by atoms with Gasteiger partial charge in [-0.05, 0) is 12.3 Å². The van der Waals surface area contributed by atoms with E-state index >= 15 is 0 Å². The summed E-state index contributed by atoms with van der Waals surface area (Å²) in [6, 6.07) is 0. The van der Waals surface area contributed by atoms with Crippen molar-refractivity contribution >= 4 is 17.6 Å². The molecule has 15 heavy (non-hydrogen) atoms. The van der Waals surface area contributed by atoms with Gasteiger partial charge in [-0.15, -0.1) is 11.8 Å². The smallest absolute Gasteiger partial charge is 0.131 e. The fraction of sp³-hybridized carbons (Fsp3) is 0.636. The highest BCUT2D eigenvalue weighted by Gasteiger charge is 2.14. The minimum atomic E-state index is 0.546. The molecule has 2 N–H and O–H groups in total. The molecular weight excluding hydrogens is 206 g/mol. The maximum Gasteiger partial charge on any atom is 0.131 e. The van der Waals surface area contributed by atoms with Gasteiger partial charge in [-0.2, -0.15) is 0 Å². The molecule has 0 saturated carbocycles. The summed E-state index contributed by atoms with van der Waals surface area (Å²) in [5.41, 5.74) is 6.90. The van der Waals surface area contributed by atoms with E-state index < -0.39 is 0 Å². The van der Waals surface area contributed by atoms with E-state index in [-0.39, 0.29) is 0 Å². The van der Waals surface area contributed by atoms with Crippen LogP contribution in [-0.4, -0.2) is 15.2 Å². The van der Waals surface area contributed by atoms with Crippen molar-refractivity contribution in [3.8, 4) is 0 Å². The lowest BCUT2D eigenvalue weighted by Crippen LogP contribution is -2.08. The van der Waals surface area contributed by atoms with Gasteiger partial charge < -0.3 is 5.73 Å². The minimum Gasteiger partial charge on any atom is -0.383 e. The van der Waals surface area contributed by atoms with E-state index in [0.29, 0.717) is 17.0 Å². The lowest BCUT2D eigenvalue weighted by atomic mass is 10.2. The summed E-state index contributed by atoms with van der Waals surface area (Å²) in [7, 11) is 0. The molecule has 0 radical (unpaired) electrons. The lowest BCUT2D eigenvalue weighted by molar-refractivity contribution is 0.641. The number of nitrogens with two attached hydrogens (primary N) is 1. The van der Waals surface area contributed by atoms with Crippen LogP contribution in [0.1, 0.15) is 33.3 Å². The zero-order valence-corrected chi connectivity index (χ0v) is 10.6. The molecule has 1 atom stereocenters. The minimum absolute atomic E-state index is 0.546. The van der Waals surface area contributed by atoms with E-state index in [0.717, 1.165) is 17.0 Å². The average molecular weight is 225 g/mol. The molecule has 1 rings (SSSR count). The molecule has 84 valence electrons. The van der Waals surface area contributed by atoms with Crippen LogP contribution in [-0.2, 0) is 6.42 Å². The zero-order valence-electron chi connectivity index (χ0n) is 9.82. The Balaban J connectivity index is 2.89. The highest BCUT2D eigenvalue weighted by Crippen LogP contribution is 2.30. The Morgan fingerprint density at radius 3 is 2.53 bits per heavy atom. The monoisotopic (exact) mass is 225 g/mol. The van der Waals surface area contributed by atoms with Crippen LogP contribution in [0.2, 0.25) is 0 Å². The number of hydrogen-bond acceptors (Lipinski definition) is 4. The van der Waals surface area contributed by atoms with Gasteiger partial charge in [0.25, 0.3) is 0 Å². The second-order valence-electron chi connectivity index (χ2n) is 3.96. The van der Waals surface area contributed by atoms with Gasteiger partial charge in [0, 0.05) is 10.8 Å². The number of anilines is 1. The summed E-state index contributed by atoms with van der Waals surface area (Å²) in [5.74, 6) is 1.25. The molecule has 0 aliphatic heterocycles. The van der Waals surface area contributed by atoms with Gasteiger partial charge in [-0.1, -0.05) is 27.7 Å². The maximum atomic E-state index is 5.82. The summed E-state index contributed by atoms with van der Waals surface area (Å²) in [5, 5.41) is 1.58. The van der Waals surface area contributed by atoms with Crippen molar-refractivity contribution in [1.82, 2.24) is 9.97 Å². The Labute approximate surface area is 95.9 Å². The molecule has 0 aliphatic rings. The van der Waals surface area contributed by atoms with Crippen molar-refractivity contribution in [3.63, 3.8) is 0 Å². The molecule has 1 aromatic heterocycles. The van der Waals surface area contributed by atoms with Crippen LogP contribution in [0.4, 0.5) is 5.82 Å². The highest BCUT2D eigenvalue weighted by atomic mass is 32.2. The Morgan fingerprint density at radius 1 is 1.33 bits per heavy atom. The maximum absolute atomic E-state index is 5.82. The summed E-state index contributed by atoms with van der Waals surface area (Å²) >= 11 is 1.79. The van der Waals surface area contributed by atoms with Gasteiger partial charge >= 0.3 is 0 Å². The number of thioether (sulfide) groups is 1. The molecule has 3 nitrogen and oxygen atoms in total. The summed E-state index contributed by atoms with van der Waals surface area (Å²) in [6.45, 7) is 8.73. The molecule has 0 aromatic carbocycles. The van der Waals surface area contributed by atoms with Crippen molar-refractivity contribution < 1.29 is 0 Å². The van der Waals surface area contributed by atoms with E-state index in [1.54, 1.807) is 18.1 Å². The molecule has 0 amide bonds.